The predicted octanol–water partition coefficient (Wildman–Crippen LogP) is 6.13. The second kappa shape index (κ2) is 11.3. The van der Waals surface area contributed by atoms with Gasteiger partial charge in [-0.1, -0.05) is 6.07 Å². The molecule has 8 nitrogen and oxygen atoms in total. The highest BCUT2D eigenvalue weighted by molar-refractivity contribution is 5.76. The second-order valence-electron chi connectivity index (χ2n) is 11.2. The number of nitrogens with zero attached hydrogens (tertiary/aromatic N) is 2. The van der Waals surface area contributed by atoms with Gasteiger partial charge in [0.25, 0.3) is 5.56 Å². The maximum atomic E-state index is 14.0. The van der Waals surface area contributed by atoms with E-state index in [0.717, 1.165) is 0 Å². The summed E-state index contributed by atoms with van der Waals surface area (Å²) in [5.74, 6) is 1.01. The summed E-state index contributed by atoms with van der Waals surface area (Å²) < 4.78 is 28.2. The fourth-order valence-electron chi connectivity index (χ4n) is 5.18. The van der Waals surface area contributed by atoms with E-state index < -0.39 is 11.7 Å². The van der Waals surface area contributed by atoms with Crippen LogP contribution < -0.4 is 15.0 Å². The SMILES string of the molecule is Cc1cc(F)cc(C)c1Oc1ccc(C(C)(C)O)cc1-c1cn(C)c(=O)cc1O[C@H]1CC[C@H](N(C)C(=O)O)CC1. The van der Waals surface area contributed by atoms with Crippen molar-refractivity contribution in [3.63, 3.8) is 0 Å². The number of aryl methyl sites for hydroxylation is 3. The lowest BCUT2D eigenvalue weighted by atomic mass is 9.91. The van der Waals surface area contributed by atoms with E-state index in [0.29, 0.717) is 70.7 Å². The highest BCUT2D eigenvalue weighted by atomic mass is 19.1. The van der Waals surface area contributed by atoms with Crippen LogP contribution in [0.25, 0.3) is 11.1 Å². The number of amides is 1. The number of hydrogen-bond donors (Lipinski definition) is 2. The van der Waals surface area contributed by atoms with Crippen molar-refractivity contribution in [3.05, 3.63) is 75.5 Å². The Morgan fingerprint density at radius 2 is 1.65 bits per heavy atom. The molecule has 214 valence electrons. The number of ether oxygens (including phenoxy) is 2. The Labute approximate surface area is 233 Å². The summed E-state index contributed by atoms with van der Waals surface area (Å²) in [4.78, 5) is 25.4. The van der Waals surface area contributed by atoms with Gasteiger partial charge >= 0.3 is 6.09 Å². The standard InChI is InChI=1S/C31H37FN2O6/c1-18-13-21(32)14-19(2)29(18)40-26-12-7-20(31(3,4)38)15-24(26)25-17-33(5)28(35)16-27(25)39-23-10-8-22(9-11-23)34(6)30(36)37/h7,12-17,22-23,38H,8-11H2,1-6H3,(H,36,37)/t22-,23-. The Hall–Kier alpha value is -3.85. The minimum Gasteiger partial charge on any atom is -0.490 e. The third-order valence-electron chi connectivity index (χ3n) is 7.59. The van der Waals surface area contributed by atoms with Crippen LogP contribution >= 0.6 is 0 Å². The number of carbonyl (C=O) groups is 1. The first-order chi connectivity index (χ1) is 18.7. The molecular weight excluding hydrogens is 515 g/mol. The topological polar surface area (TPSA) is 101 Å². The number of pyridine rings is 1. The number of rotatable bonds is 7. The van der Waals surface area contributed by atoms with Crippen molar-refractivity contribution < 1.29 is 28.9 Å². The molecule has 40 heavy (non-hydrogen) atoms. The largest absolute Gasteiger partial charge is 0.490 e. The van der Waals surface area contributed by atoms with Crippen molar-refractivity contribution in [3.8, 4) is 28.4 Å². The van der Waals surface area contributed by atoms with Crippen LogP contribution in [-0.2, 0) is 12.6 Å². The monoisotopic (exact) mass is 552 g/mol. The van der Waals surface area contributed by atoms with E-state index in [-0.39, 0.29) is 23.5 Å². The number of aromatic nitrogens is 1. The summed E-state index contributed by atoms with van der Waals surface area (Å²) in [7, 11) is 3.23. The van der Waals surface area contributed by atoms with Gasteiger partial charge in [0.2, 0.25) is 0 Å². The van der Waals surface area contributed by atoms with Crippen LogP contribution in [0.4, 0.5) is 9.18 Å². The summed E-state index contributed by atoms with van der Waals surface area (Å²) in [6.07, 6.45) is 3.10. The lowest BCUT2D eigenvalue weighted by Crippen LogP contribution is -2.40. The first-order valence-electron chi connectivity index (χ1n) is 13.4. The van der Waals surface area contributed by atoms with Gasteiger partial charge in [-0.2, -0.15) is 0 Å². The molecule has 0 saturated heterocycles. The average molecular weight is 553 g/mol. The molecule has 1 amide bonds. The minimum absolute atomic E-state index is 0.0777. The van der Waals surface area contributed by atoms with Gasteiger partial charge in [-0.25, -0.2) is 9.18 Å². The van der Waals surface area contributed by atoms with E-state index >= 15 is 0 Å². The highest BCUT2D eigenvalue weighted by Gasteiger charge is 2.29. The summed E-state index contributed by atoms with van der Waals surface area (Å²) in [6, 6.07) is 9.53. The van der Waals surface area contributed by atoms with Crippen molar-refractivity contribution in [1.82, 2.24) is 9.47 Å². The van der Waals surface area contributed by atoms with Gasteiger partial charge in [-0.15, -0.1) is 0 Å². The van der Waals surface area contributed by atoms with E-state index in [1.807, 2.05) is 6.07 Å². The van der Waals surface area contributed by atoms with Crippen LogP contribution in [0.3, 0.4) is 0 Å². The molecule has 1 saturated carbocycles. The first-order valence-corrected chi connectivity index (χ1v) is 13.4. The Kier molecular flexibility index (Phi) is 8.25. The Balaban J connectivity index is 1.76. The number of benzene rings is 2. The molecule has 4 rings (SSSR count). The van der Waals surface area contributed by atoms with Crippen LogP contribution in [0.5, 0.6) is 17.2 Å². The zero-order valence-corrected chi connectivity index (χ0v) is 23.8. The van der Waals surface area contributed by atoms with Crippen molar-refractivity contribution in [2.45, 2.75) is 71.1 Å². The Morgan fingerprint density at radius 3 is 2.23 bits per heavy atom. The number of carboxylic acid groups (broad SMARTS) is 1. The molecule has 3 aromatic rings. The second-order valence-corrected chi connectivity index (χ2v) is 11.2. The molecule has 0 aliphatic heterocycles. The van der Waals surface area contributed by atoms with Crippen LogP contribution in [0.15, 0.2) is 47.4 Å². The summed E-state index contributed by atoms with van der Waals surface area (Å²) in [5.41, 5.74) is 1.72. The van der Waals surface area contributed by atoms with Crippen LogP contribution in [0.1, 0.15) is 56.2 Å². The van der Waals surface area contributed by atoms with Crippen molar-refractivity contribution in [1.29, 1.82) is 0 Å². The van der Waals surface area contributed by atoms with E-state index in [9.17, 15) is 24.2 Å². The number of aliphatic hydroxyl groups is 1. The van der Waals surface area contributed by atoms with Crippen molar-refractivity contribution in [2.24, 2.45) is 7.05 Å². The normalized spacial score (nSPS) is 17.4. The summed E-state index contributed by atoms with van der Waals surface area (Å²) >= 11 is 0. The van der Waals surface area contributed by atoms with E-state index in [1.165, 1.54) is 27.7 Å². The van der Waals surface area contributed by atoms with Gasteiger partial charge < -0.3 is 29.2 Å². The maximum absolute atomic E-state index is 14.0. The molecule has 9 heteroatoms. The molecule has 1 fully saturated rings. The molecule has 0 atom stereocenters. The predicted molar refractivity (Wildman–Crippen MR) is 151 cm³/mol. The quantitative estimate of drug-likeness (QED) is 0.366. The lowest BCUT2D eigenvalue weighted by Gasteiger charge is -2.33. The minimum atomic E-state index is -1.15. The molecule has 1 aliphatic carbocycles. The fraction of sp³-hybridized carbons (Fsp3) is 0.419. The van der Waals surface area contributed by atoms with Gasteiger partial charge in [0.1, 0.15) is 23.1 Å². The van der Waals surface area contributed by atoms with Crippen molar-refractivity contribution in [2.75, 3.05) is 7.05 Å². The average Bonchev–Trinajstić information content (AvgIpc) is 2.87. The van der Waals surface area contributed by atoms with Crippen molar-refractivity contribution >= 4 is 6.09 Å². The summed E-state index contributed by atoms with van der Waals surface area (Å²) in [6.45, 7) is 6.92. The van der Waals surface area contributed by atoms with Gasteiger partial charge in [-0.05, 0) is 94.3 Å². The van der Waals surface area contributed by atoms with Crippen LogP contribution in [0, 0.1) is 19.7 Å². The maximum Gasteiger partial charge on any atom is 0.407 e. The molecular formula is C31H37FN2O6. The zero-order chi connectivity index (χ0) is 29.4. The molecule has 1 aliphatic rings. The molecule has 0 radical (unpaired) electrons. The number of hydrogen-bond acceptors (Lipinski definition) is 5. The highest BCUT2D eigenvalue weighted by Crippen LogP contribution is 2.42. The lowest BCUT2D eigenvalue weighted by molar-refractivity contribution is 0.0786. The molecule has 2 N–H and O–H groups in total. The molecule has 0 bridgehead atoms. The third-order valence-corrected chi connectivity index (χ3v) is 7.59. The van der Waals surface area contributed by atoms with Crippen LogP contribution in [0.2, 0.25) is 0 Å². The summed E-state index contributed by atoms with van der Waals surface area (Å²) in [5, 5.41) is 20.1. The van der Waals surface area contributed by atoms with Gasteiger partial charge in [0.05, 0.1) is 11.7 Å². The molecule has 0 unspecified atom stereocenters. The first kappa shape index (κ1) is 29.1. The van der Waals surface area contributed by atoms with Gasteiger partial charge in [0, 0.05) is 43.5 Å². The van der Waals surface area contributed by atoms with E-state index in [1.54, 1.807) is 60.1 Å². The Morgan fingerprint density at radius 1 is 1.02 bits per heavy atom. The van der Waals surface area contributed by atoms with Crippen LogP contribution in [-0.4, -0.2) is 45.0 Å². The Bertz CT molecular complexity index is 1440. The third kappa shape index (κ3) is 6.31. The van der Waals surface area contributed by atoms with E-state index in [2.05, 4.69) is 0 Å². The molecule has 0 spiro atoms. The number of halogens is 1. The fourth-order valence-corrected chi connectivity index (χ4v) is 5.18. The molecule has 1 aromatic heterocycles. The van der Waals surface area contributed by atoms with Gasteiger partial charge in [0.15, 0.2) is 0 Å². The molecule has 2 aromatic carbocycles. The molecule has 1 heterocycles. The smallest absolute Gasteiger partial charge is 0.407 e. The van der Waals surface area contributed by atoms with Gasteiger partial charge in [-0.3, -0.25) is 4.79 Å². The zero-order valence-electron chi connectivity index (χ0n) is 23.8. The van der Waals surface area contributed by atoms with E-state index in [4.69, 9.17) is 9.47 Å².